The second kappa shape index (κ2) is 7.01. The maximum absolute atomic E-state index is 12.7. The Labute approximate surface area is 101 Å². The van der Waals surface area contributed by atoms with Crippen molar-refractivity contribution in [1.29, 1.82) is 0 Å². The summed E-state index contributed by atoms with van der Waals surface area (Å²) in [5.41, 5.74) is 0.995. The van der Waals surface area contributed by atoms with Gasteiger partial charge in [-0.15, -0.1) is 0 Å². The van der Waals surface area contributed by atoms with Gasteiger partial charge in [0.05, 0.1) is 13.0 Å². The van der Waals surface area contributed by atoms with Crippen LogP contribution in [0.5, 0.6) is 0 Å². The van der Waals surface area contributed by atoms with Gasteiger partial charge in [0, 0.05) is 6.04 Å². The zero-order valence-corrected chi connectivity index (χ0v) is 10.2. The van der Waals surface area contributed by atoms with Crippen LogP contribution in [-0.4, -0.2) is 25.7 Å². The Balaban J connectivity index is 2.51. The summed E-state index contributed by atoms with van der Waals surface area (Å²) in [4.78, 5) is 11.3. The van der Waals surface area contributed by atoms with Crippen LogP contribution in [0.1, 0.15) is 18.9 Å². The van der Waals surface area contributed by atoms with Crippen molar-refractivity contribution in [2.75, 3.05) is 13.7 Å². The highest BCUT2D eigenvalue weighted by molar-refractivity contribution is 5.70. The van der Waals surface area contributed by atoms with Gasteiger partial charge in [0.25, 0.3) is 0 Å². The van der Waals surface area contributed by atoms with E-state index in [4.69, 9.17) is 4.74 Å². The largest absolute Gasteiger partial charge is 0.466 e. The molecule has 0 saturated carbocycles. The number of halogens is 1. The van der Waals surface area contributed by atoms with Gasteiger partial charge in [0.2, 0.25) is 0 Å². The minimum Gasteiger partial charge on any atom is -0.466 e. The molecule has 1 N–H and O–H groups in total. The van der Waals surface area contributed by atoms with Crippen molar-refractivity contribution in [3.63, 3.8) is 0 Å². The average Bonchev–Trinajstić information content (AvgIpc) is 2.31. The number of likely N-dealkylation sites (N-methyl/N-ethyl adjacent to an activating group) is 1. The third kappa shape index (κ3) is 4.95. The summed E-state index contributed by atoms with van der Waals surface area (Å²) in [6, 6.07) is 6.31. The fourth-order valence-corrected chi connectivity index (χ4v) is 1.60. The zero-order valence-electron chi connectivity index (χ0n) is 10.2. The molecule has 1 atom stereocenters. The first-order chi connectivity index (χ1) is 8.15. The zero-order chi connectivity index (χ0) is 12.7. The average molecular weight is 239 g/mol. The minimum absolute atomic E-state index is 0.0134. The van der Waals surface area contributed by atoms with Crippen LogP contribution >= 0.6 is 0 Å². The highest BCUT2D eigenvalue weighted by atomic mass is 19.1. The number of hydrogen-bond acceptors (Lipinski definition) is 3. The number of carbonyl (C=O) groups excluding carboxylic acids is 1. The van der Waals surface area contributed by atoms with Crippen LogP contribution in [0.4, 0.5) is 4.39 Å². The van der Waals surface area contributed by atoms with Gasteiger partial charge in [-0.1, -0.05) is 12.1 Å². The molecule has 0 aliphatic heterocycles. The summed E-state index contributed by atoms with van der Waals surface area (Å²) in [5, 5.41) is 3.06. The Morgan fingerprint density at radius 3 is 2.59 bits per heavy atom. The van der Waals surface area contributed by atoms with Crippen LogP contribution in [0.15, 0.2) is 24.3 Å². The van der Waals surface area contributed by atoms with Gasteiger partial charge in [-0.3, -0.25) is 4.79 Å². The standard InChI is InChI=1S/C13H18FNO2/c1-3-17-13(16)9-12(15-2)8-10-4-6-11(14)7-5-10/h4-7,12,15H,3,8-9H2,1-2H3. The molecule has 0 amide bonds. The Morgan fingerprint density at radius 2 is 2.06 bits per heavy atom. The second-order valence-electron chi connectivity index (χ2n) is 3.83. The van der Waals surface area contributed by atoms with E-state index in [0.29, 0.717) is 19.4 Å². The Bertz CT molecular complexity index is 351. The van der Waals surface area contributed by atoms with Crippen molar-refractivity contribution < 1.29 is 13.9 Å². The van der Waals surface area contributed by atoms with Crippen molar-refractivity contribution >= 4 is 5.97 Å². The lowest BCUT2D eigenvalue weighted by Crippen LogP contribution is -2.31. The number of benzene rings is 1. The van der Waals surface area contributed by atoms with Crippen LogP contribution in [-0.2, 0) is 16.0 Å². The van der Waals surface area contributed by atoms with Crippen LogP contribution in [0.2, 0.25) is 0 Å². The van der Waals surface area contributed by atoms with E-state index in [9.17, 15) is 9.18 Å². The van der Waals surface area contributed by atoms with Crippen molar-refractivity contribution in [3.8, 4) is 0 Å². The quantitative estimate of drug-likeness (QED) is 0.771. The third-order valence-electron chi connectivity index (χ3n) is 2.52. The topological polar surface area (TPSA) is 38.3 Å². The summed E-state index contributed by atoms with van der Waals surface area (Å²) in [5.74, 6) is -0.464. The predicted molar refractivity (Wildman–Crippen MR) is 64.2 cm³/mol. The van der Waals surface area contributed by atoms with E-state index in [1.807, 2.05) is 0 Å². The van der Waals surface area contributed by atoms with Gasteiger partial charge in [-0.2, -0.15) is 0 Å². The lowest BCUT2D eigenvalue weighted by molar-refractivity contribution is -0.143. The molecule has 0 spiro atoms. The summed E-state index contributed by atoms with van der Waals surface area (Å²) in [6.07, 6.45) is 0.997. The molecule has 0 aliphatic carbocycles. The fraction of sp³-hybridized carbons (Fsp3) is 0.462. The van der Waals surface area contributed by atoms with Crippen LogP contribution in [0, 0.1) is 5.82 Å². The summed E-state index contributed by atoms with van der Waals surface area (Å²) >= 11 is 0. The summed E-state index contributed by atoms with van der Waals surface area (Å²) in [6.45, 7) is 2.18. The molecule has 0 saturated heterocycles. The number of nitrogens with one attached hydrogen (secondary N) is 1. The first-order valence-corrected chi connectivity index (χ1v) is 5.73. The fourth-order valence-electron chi connectivity index (χ4n) is 1.60. The molecule has 1 aromatic carbocycles. The Morgan fingerprint density at radius 1 is 1.41 bits per heavy atom. The lowest BCUT2D eigenvalue weighted by Gasteiger charge is -2.15. The molecule has 17 heavy (non-hydrogen) atoms. The molecule has 1 unspecified atom stereocenters. The normalized spacial score (nSPS) is 12.2. The van der Waals surface area contributed by atoms with Crippen molar-refractivity contribution in [1.82, 2.24) is 5.32 Å². The molecule has 4 heteroatoms. The van der Waals surface area contributed by atoms with Crippen LogP contribution in [0.3, 0.4) is 0 Å². The number of carbonyl (C=O) groups is 1. The van der Waals surface area contributed by atoms with E-state index in [1.165, 1.54) is 12.1 Å². The number of ether oxygens (including phenoxy) is 1. The van der Waals surface area contributed by atoms with Gasteiger partial charge in [0.1, 0.15) is 5.82 Å². The van der Waals surface area contributed by atoms with E-state index < -0.39 is 0 Å². The molecule has 0 aliphatic rings. The van der Waals surface area contributed by atoms with Crippen LogP contribution < -0.4 is 5.32 Å². The molecule has 1 aromatic rings. The SMILES string of the molecule is CCOC(=O)CC(Cc1ccc(F)cc1)NC. The summed E-state index contributed by atoms with van der Waals surface area (Å²) in [7, 11) is 1.80. The predicted octanol–water partition coefficient (Wildman–Crippen LogP) is 1.91. The molecule has 0 bridgehead atoms. The van der Waals surface area contributed by atoms with E-state index in [0.717, 1.165) is 5.56 Å². The Hall–Kier alpha value is -1.42. The molecule has 0 fully saturated rings. The highest BCUT2D eigenvalue weighted by Gasteiger charge is 2.13. The number of rotatable bonds is 6. The van der Waals surface area contributed by atoms with Gasteiger partial charge in [-0.25, -0.2) is 4.39 Å². The number of esters is 1. The van der Waals surface area contributed by atoms with Crippen molar-refractivity contribution in [2.24, 2.45) is 0 Å². The molecule has 0 aromatic heterocycles. The van der Waals surface area contributed by atoms with E-state index in [-0.39, 0.29) is 17.8 Å². The van der Waals surface area contributed by atoms with Gasteiger partial charge in [-0.05, 0) is 38.1 Å². The first kappa shape index (κ1) is 13.6. The van der Waals surface area contributed by atoms with Gasteiger partial charge >= 0.3 is 5.97 Å². The third-order valence-corrected chi connectivity index (χ3v) is 2.52. The molecule has 1 rings (SSSR count). The Kier molecular flexibility index (Phi) is 5.63. The highest BCUT2D eigenvalue weighted by Crippen LogP contribution is 2.08. The molecule has 3 nitrogen and oxygen atoms in total. The molecule has 0 heterocycles. The maximum atomic E-state index is 12.7. The first-order valence-electron chi connectivity index (χ1n) is 5.73. The van der Waals surface area contributed by atoms with Crippen molar-refractivity contribution in [2.45, 2.75) is 25.8 Å². The monoisotopic (exact) mass is 239 g/mol. The number of hydrogen-bond donors (Lipinski definition) is 1. The van der Waals surface area contributed by atoms with Crippen molar-refractivity contribution in [3.05, 3.63) is 35.6 Å². The van der Waals surface area contributed by atoms with Gasteiger partial charge < -0.3 is 10.1 Å². The maximum Gasteiger partial charge on any atom is 0.307 e. The van der Waals surface area contributed by atoms with E-state index >= 15 is 0 Å². The van der Waals surface area contributed by atoms with Crippen LogP contribution in [0.25, 0.3) is 0 Å². The smallest absolute Gasteiger partial charge is 0.307 e. The second-order valence-corrected chi connectivity index (χ2v) is 3.83. The van der Waals surface area contributed by atoms with Gasteiger partial charge in [0.15, 0.2) is 0 Å². The molecule has 94 valence electrons. The van der Waals surface area contributed by atoms with E-state index in [1.54, 1.807) is 26.1 Å². The summed E-state index contributed by atoms with van der Waals surface area (Å²) < 4.78 is 17.6. The minimum atomic E-state index is -0.250. The van der Waals surface area contributed by atoms with E-state index in [2.05, 4.69) is 5.32 Å². The lowest BCUT2D eigenvalue weighted by atomic mass is 10.0. The molecule has 0 radical (unpaired) electrons. The molecular weight excluding hydrogens is 221 g/mol. The molecular formula is C13H18FNO2.